The summed E-state index contributed by atoms with van der Waals surface area (Å²) < 4.78 is 6.57. The van der Waals surface area contributed by atoms with Gasteiger partial charge in [0.1, 0.15) is 11.6 Å². The molecule has 7 heteroatoms. The van der Waals surface area contributed by atoms with Gasteiger partial charge in [0.15, 0.2) is 0 Å². The summed E-state index contributed by atoms with van der Waals surface area (Å²) in [5.74, 6) is -1.74. The number of carbonyl (C=O) groups excluding carboxylic acids is 3. The zero-order valence-corrected chi connectivity index (χ0v) is 19.8. The molecule has 2 aliphatic carbocycles. The molecule has 3 aliphatic heterocycles. The molecular weight excluding hydrogens is 406 g/mol. The van der Waals surface area contributed by atoms with Crippen molar-refractivity contribution in [2.24, 2.45) is 11.8 Å². The molecule has 5 rings (SSSR count). The molecule has 2 saturated carbocycles. The van der Waals surface area contributed by atoms with Crippen molar-refractivity contribution in [2.75, 3.05) is 0 Å². The van der Waals surface area contributed by atoms with Gasteiger partial charge in [0.25, 0.3) is 0 Å². The average molecular weight is 444 g/mol. The van der Waals surface area contributed by atoms with Gasteiger partial charge in [0.05, 0.1) is 17.4 Å². The Morgan fingerprint density at radius 2 is 1.50 bits per heavy atom. The summed E-state index contributed by atoms with van der Waals surface area (Å²) in [7, 11) is 0. The molecule has 0 aromatic carbocycles. The third kappa shape index (κ3) is 3.14. The number of hydrogen-bond acceptors (Lipinski definition) is 4. The van der Waals surface area contributed by atoms with Gasteiger partial charge in [-0.25, -0.2) is 0 Å². The first-order chi connectivity index (χ1) is 15.1. The molecule has 4 fully saturated rings. The van der Waals surface area contributed by atoms with E-state index in [1.807, 2.05) is 39.8 Å². The number of likely N-dealkylation sites (tertiary alicyclic amines) is 1. The Labute approximate surface area is 190 Å². The Morgan fingerprint density at radius 3 is 2.03 bits per heavy atom. The van der Waals surface area contributed by atoms with Gasteiger partial charge in [0.2, 0.25) is 17.7 Å². The lowest BCUT2D eigenvalue weighted by atomic mass is 9.70. The molecule has 2 bridgehead atoms. The van der Waals surface area contributed by atoms with E-state index in [4.69, 9.17) is 4.74 Å². The van der Waals surface area contributed by atoms with E-state index in [-0.39, 0.29) is 29.8 Å². The quantitative estimate of drug-likeness (QED) is 0.654. The lowest BCUT2D eigenvalue weighted by Crippen LogP contribution is -2.60. The number of carbonyl (C=O) groups is 3. The van der Waals surface area contributed by atoms with Crippen LogP contribution in [0.3, 0.4) is 0 Å². The highest BCUT2D eigenvalue weighted by Gasteiger charge is 2.77. The molecule has 0 aromatic heterocycles. The summed E-state index contributed by atoms with van der Waals surface area (Å²) >= 11 is 0. The predicted octanol–water partition coefficient (Wildman–Crippen LogP) is 2.44. The Kier molecular flexibility index (Phi) is 5.01. The molecule has 5 aliphatic rings. The van der Waals surface area contributed by atoms with E-state index in [2.05, 4.69) is 10.6 Å². The highest BCUT2D eigenvalue weighted by atomic mass is 16.5. The van der Waals surface area contributed by atoms with Crippen LogP contribution in [-0.4, -0.2) is 57.5 Å². The number of fused-ring (bicyclic) bond motifs is 1. The van der Waals surface area contributed by atoms with Gasteiger partial charge in [-0.2, -0.15) is 0 Å². The van der Waals surface area contributed by atoms with Crippen molar-refractivity contribution in [3.05, 3.63) is 12.2 Å². The zero-order chi connectivity index (χ0) is 22.9. The van der Waals surface area contributed by atoms with Crippen molar-refractivity contribution in [3.8, 4) is 0 Å². The SMILES string of the molecule is CC12C=CC3(O1)C(C(=O)N(C(C)(C)C)C3C(=O)NC1CCCC1)C2C(=O)NC1CCCC1. The predicted molar refractivity (Wildman–Crippen MR) is 120 cm³/mol. The molecule has 0 radical (unpaired) electrons. The molecule has 2 saturated heterocycles. The molecule has 0 aromatic rings. The highest BCUT2D eigenvalue weighted by Crippen LogP contribution is 2.60. The van der Waals surface area contributed by atoms with Crippen molar-refractivity contribution in [2.45, 2.75) is 114 Å². The van der Waals surface area contributed by atoms with Crippen LogP contribution in [0.1, 0.15) is 79.1 Å². The second-order valence-electron chi connectivity index (χ2n) is 11.7. The number of rotatable bonds is 4. The first kappa shape index (κ1) is 21.9. The normalized spacial score (nSPS) is 39.2. The zero-order valence-electron chi connectivity index (χ0n) is 19.8. The minimum atomic E-state index is -1.10. The van der Waals surface area contributed by atoms with Crippen LogP contribution in [-0.2, 0) is 19.1 Å². The largest absolute Gasteiger partial charge is 0.356 e. The third-order valence-corrected chi connectivity index (χ3v) is 8.35. The fraction of sp³-hybridized carbons (Fsp3) is 0.800. The van der Waals surface area contributed by atoms with E-state index in [9.17, 15) is 14.4 Å². The molecule has 3 amide bonds. The fourth-order valence-electron chi connectivity index (χ4n) is 6.96. The van der Waals surface area contributed by atoms with E-state index < -0.39 is 34.6 Å². The van der Waals surface area contributed by atoms with Gasteiger partial charge in [-0.1, -0.05) is 37.8 Å². The summed E-state index contributed by atoms with van der Waals surface area (Å²) in [6.45, 7) is 7.73. The van der Waals surface area contributed by atoms with Gasteiger partial charge in [0, 0.05) is 17.6 Å². The molecule has 5 unspecified atom stereocenters. The molecule has 176 valence electrons. The van der Waals surface area contributed by atoms with Crippen LogP contribution in [0.25, 0.3) is 0 Å². The molecule has 5 atom stereocenters. The van der Waals surface area contributed by atoms with Crippen LogP contribution >= 0.6 is 0 Å². The lowest BCUT2D eigenvalue weighted by molar-refractivity contribution is -0.150. The highest BCUT2D eigenvalue weighted by molar-refractivity contribution is 6.00. The van der Waals surface area contributed by atoms with Crippen LogP contribution in [0.4, 0.5) is 0 Å². The van der Waals surface area contributed by atoms with Crippen LogP contribution in [0.15, 0.2) is 12.2 Å². The van der Waals surface area contributed by atoms with Crippen molar-refractivity contribution < 1.29 is 19.1 Å². The molecule has 1 spiro atoms. The van der Waals surface area contributed by atoms with E-state index >= 15 is 0 Å². The number of hydrogen-bond donors (Lipinski definition) is 2. The van der Waals surface area contributed by atoms with Crippen molar-refractivity contribution in [1.82, 2.24) is 15.5 Å². The molecule has 2 N–H and O–H groups in total. The fourth-order valence-corrected chi connectivity index (χ4v) is 6.96. The summed E-state index contributed by atoms with van der Waals surface area (Å²) in [5.41, 5.74) is -2.55. The summed E-state index contributed by atoms with van der Waals surface area (Å²) in [4.78, 5) is 42.8. The summed E-state index contributed by atoms with van der Waals surface area (Å²) in [5, 5.41) is 6.39. The van der Waals surface area contributed by atoms with Gasteiger partial charge in [-0.05, 0) is 53.4 Å². The molecule has 3 heterocycles. The van der Waals surface area contributed by atoms with Crippen LogP contribution in [0.2, 0.25) is 0 Å². The number of amides is 3. The molecule has 32 heavy (non-hydrogen) atoms. The summed E-state index contributed by atoms with van der Waals surface area (Å²) in [6, 6.07) is -0.459. The van der Waals surface area contributed by atoms with Crippen molar-refractivity contribution >= 4 is 17.7 Å². The smallest absolute Gasteiger partial charge is 0.246 e. The van der Waals surface area contributed by atoms with Crippen LogP contribution in [0, 0.1) is 11.8 Å². The Balaban J connectivity index is 1.50. The van der Waals surface area contributed by atoms with Gasteiger partial charge >= 0.3 is 0 Å². The second kappa shape index (κ2) is 7.31. The standard InChI is InChI=1S/C25H37N3O4/c1-23(2,3)28-19(21(30)27-16-11-7-8-12-16)25-14-13-24(4,32-25)17(18(25)22(28)31)20(29)26-15-9-5-6-10-15/h13-19H,5-12H2,1-4H3,(H,26,29)(H,27,30). The van der Waals surface area contributed by atoms with Gasteiger partial charge in [-0.3, -0.25) is 14.4 Å². The molecule has 7 nitrogen and oxygen atoms in total. The van der Waals surface area contributed by atoms with E-state index in [0.29, 0.717) is 0 Å². The van der Waals surface area contributed by atoms with Crippen LogP contribution in [0.5, 0.6) is 0 Å². The van der Waals surface area contributed by atoms with Crippen molar-refractivity contribution in [3.63, 3.8) is 0 Å². The van der Waals surface area contributed by atoms with Gasteiger partial charge in [-0.15, -0.1) is 0 Å². The Hall–Kier alpha value is -1.89. The lowest BCUT2D eigenvalue weighted by Gasteiger charge is -2.40. The minimum absolute atomic E-state index is 0.116. The monoisotopic (exact) mass is 443 g/mol. The summed E-state index contributed by atoms with van der Waals surface area (Å²) in [6.07, 6.45) is 12.2. The minimum Gasteiger partial charge on any atom is -0.356 e. The average Bonchev–Trinajstić information content (AvgIpc) is 3.48. The maximum atomic E-state index is 13.9. The number of nitrogens with zero attached hydrogens (tertiary/aromatic N) is 1. The van der Waals surface area contributed by atoms with Gasteiger partial charge < -0.3 is 20.3 Å². The van der Waals surface area contributed by atoms with E-state index in [0.717, 1.165) is 51.4 Å². The first-order valence-electron chi connectivity index (χ1n) is 12.4. The first-order valence-corrected chi connectivity index (χ1v) is 12.4. The van der Waals surface area contributed by atoms with Crippen LogP contribution < -0.4 is 10.6 Å². The van der Waals surface area contributed by atoms with Crippen molar-refractivity contribution in [1.29, 1.82) is 0 Å². The number of ether oxygens (including phenoxy) is 1. The second-order valence-corrected chi connectivity index (χ2v) is 11.7. The molecular formula is C25H37N3O4. The maximum Gasteiger partial charge on any atom is 0.246 e. The maximum absolute atomic E-state index is 13.9. The topological polar surface area (TPSA) is 87.7 Å². The number of nitrogens with one attached hydrogen (secondary N) is 2. The Bertz CT molecular complexity index is 852. The van der Waals surface area contributed by atoms with E-state index in [1.165, 1.54) is 0 Å². The third-order valence-electron chi connectivity index (χ3n) is 8.35. The van der Waals surface area contributed by atoms with E-state index in [1.54, 1.807) is 4.90 Å². The Morgan fingerprint density at radius 1 is 0.969 bits per heavy atom.